The smallest absolute Gasteiger partial charge is 0.244 e. The van der Waals surface area contributed by atoms with E-state index in [9.17, 15) is 4.79 Å². The Bertz CT molecular complexity index is 1030. The summed E-state index contributed by atoms with van der Waals surface area (Å²) in [7, 11) is 1.58. The van der Waals surface area contributed by atoms with Gasteiger partial charge in [-0.15, -0.1) is 0 Å². The van der Waals surface area contributed by atoms with E-state index in [2.05, 4.69) is 5.32 Å². The van der Waals surface area contributed by atoms with E-state index >= 15 is 0 Å². The first-order valence-electron chi connectivity index (χ1n) is 8.80. The van der Waals surface area contributed by atoms with Crippen LogP contribution in [-0.4, -0.2) is 36.4 Å². The maximum absolute atomic E-state index is 12.0. The molecule has 29 heavy (non-hydrogen) atoms. The van der Waals surface area contributed by atoms with Crippen molar-refractivity contribution < 1.29 is 23.9 Å². The fourth-order valence-corrected chi connectivity index (χ4v) is 2.76. The van der Waals surface area contributed by atoms with Crippen LogP contribution in [0.5, 0.6) is 11.5 Å². The molecule has 3 rings (SSSR count). The number of fused-ring (bicyclic) bond motifs is 1. The molecule has 0 bridgehead atoms. The van der Waals surface area contributed by atoms with Crippen LogP contribution in [0.25, 0.3) is 17.0 Å². The van der Waals surface area contributed by atoms with Crippen LogP contribution >= 0.6 is 12.2 Å². The third kappa shape index (κ3) is 5.34. The van der Waals surface area contributed by atoms with Crippen molar-refractivity contribution in [2.45, 2.75) is 0 Å². The van der Waals surface area contributed by atoms with E-state index in [4.69, 9.17) is 31.3 Å². The number of hydroxylamine groups is 1. The summed E-state index contributed by atoms with van der Waals surface area (Å²) in [5.41, 5.74) is 3.25. The van der Waals surface area contributed by atoms with Gasteiger partial charge in [0.2, 0.25) is 5.91 Å². The van der Waals surface area contributed by atoms with Crippen molar-refractivity contribution in [1.29, 1.82) is 0 Å². The van der Waals surface area contributed by atoms with E-state index in [-0.39, 0.29) is 10.9 Å². The van der Waals surface area contributed by atoms with Gasteiger partial charge in [0.1, 0.15) is 23.1 Å². The minimum Gasteiger partial charge on any atom is -0.493 e. The lowest BCUT2D eigenvalue weighted by Crippen LogP contribution is -2.26. The number of furan rings is 1. The molecule has 2 aromatic carbocycles. The van der Waals surface area contributed by atoms with E-state index in [1.54, 1.807) is 37.5 Å². The average Bonchev–Trinajstić information content (AvgIpc) is 3.18. The number of hydrogen-bond donors (Lipinski definition) is 3. The lowest BCUT2D eigenvalue weighted by molar-refractivity contribution is -0.116. The SMILES string of the molecule is COc1cccc2cc(/C=C/C(=O)NCCOc3ccc(C(=S)NO)cc3)oc12. The number of carbonyl (C=O) groups excluding carboxylic acids is 1. The molecular formula is C21H20N2O5S. The number of nitrogens with one attached hydrogen (secondary N) is 2. The van der Waals surface area contributed by atoms with Crippen molar-refractivity contribution in [2.24, 2.45) is 0 Å². The number of rotatable bonds is 8. The summed E-state index contributed by atoms with van der Waals surface area (Å²) in [6.45, 7) is 0.652. The van der Waals surface area contributed by atoms with Crippen molar-refractivity contribution in [1.82, 2.24) is 10.8 Å². The molecule has 150 valence electrons. The van der Waals surface area contributed by atoms with Crippen molar-refractivity contribution in [3.63, 3.8) is 0 Å². The summed E-state index contributed by atoms with van der Waals surface area (Å²) in [5.74, 6) is 1.59. The summed E-state index contributed by atoms with van der Waals surface area (Å²) < 4.78 is 16.5. The molecular weight excluding hydrogens is 392 g/mol. The number of amides is 1. The maximum atomic E-state index is 12.0. The quantitative estimate of drug-likeness (QED) is 0.226. The van der Waals surface area contributed by atoms with Crippen LogP contribution in [-0.2, 0) is 4.79 Å². The van der Waals surface area contributed by atoms with E-state index in [0.29, 0.717) is 41.6 Å². The highest BCUT2D eigenvalue weighted by Gasteiger charge is 2.07. The third-order valence-corrected chi connectivity index (χ3v) is 4.36. The number of methoxy groups -OCH3 is 1. The number of ether oxygens (including phenoxy) is 2. The first-order valence-corrected chi connectivity index (χ1v) is 9.21. The van der Waals surface area contributed by atoms with E-state index in [0.717, 1.165) is 5.39 Å². The Morgan fingerprint density at radius 2 is 2.03 bits per heavy atom. The van der Waals surface area contributed by atoms with Gasteiger partial charge in [-0.25, -0.2) is 0 Å². The molecule has 0 spiro atoms. The molecule has 0 aliphatic carbocycles. The van der Waals surface area contributed by atoms with Gasteiger partial charge in [-0.3, -0.25) is 15.5 Å². The van der Waals surface area contributed by atoms with Crippen LogP contribution in [0.1, 0.15) is 11.3 Å². The first-order chi connectivity index (χ1) is 14.1. The highest BCUT2D eigenvalue weighted by molar-refractivity contribution is 7.80. The molecule has 0 aliphatic heterocycles. The number of para-hydroxylation sites is 1. The lowest BCUT2D eigenvalue weighted by atomic mass is 10.2. The van der Waals surface area contributed by atoms with E-state index in [1.807, 2.05) is 29.7 Å². The summed E-state index contributed by atoms with van der Waals surface area (Å²) in [6, 6.07) is 14.4. The zero-order valence-corrected chi connectivity index (χ0v) is 16.5. The van der Waals surface area contributed by atoms with Gasteiger partial charge in [0.05, 0.1) is 13.7 Å². The van der Waals surface area contributed by atoms with E-state index in [1.165, 1.54) is 6.08 Å². The Labute approximate surface area is 172 Å². The Kier molecular flexibility index (Phi) is 6.83. The van der Waals surface area contributed by atoms with Gasteiger partial charge in [-0.1, -0.05) is 24.4 Å². The second-order valence-corrected chi connectivity index (χ2v) is 6.37. The number of hydrogen-bond acceptors (Lipinski definition) is 6. The largest absolute Gasteiger partial charge is 0.493 e. The Morgan fingerprint density at radius 1 is 1.24 bits per heavy atom. The van der Waals surface area contributed by atoms with Crippen molar-refractivity contribution in [3.8, 4) is 11.5 Å². The molecule has 0 atom stereocenters. The van der Waals surface area contributed by atoms with Gasteiger partial charge in [0.25, 0.3) is 0 Å². The predicted octanol–water partition coefficient (Wildman–Crippen LogP) is 3.30. The van der Waals surface area contributed by atoms with Crippen LogP contribution < -0.4 is 20.3 Å². The van der Waals surface area contributed by atoms with Gasteiger partial charge >= 0.3 is 0 Å². The molecule has 1 aromatic heterocycles. The molecule has 0 fully saturated rings. The number of carbonyl (C=O) groups is 1. The standard InChI is InChI=1S/C21H20N2O5S/c1-26-18-4-2-3-15-13-17(28-20(15)18)9-10-19(24)22-11-12-27-16-7-5-14(6-8-16)21(29)23-25/h2-10,13,25H,11-12H2,1H3,(H,22,24)(H,23,29)/b10-9+. The fraction of sp³-hybridized carbons (Fsp3) is 0.143. The Balaban J connectivity index is 1.46. The highest BCUT2D eigenvalue weighted by atomic mass is 32.1. The van der Waals surface area contributed by atoms with Crippen LogP contribution in [0, 0.1) is 0 Å². The lowest BCUT2D eigenvalue weighted by Gasteiger charge is -2.07. The molecule has 3 N–H and O–H groups in total. The number of thiocarbonyl (C=S) groups is 1. The predicted molar refractivity (Wildman–Crippen MR) is 113 cm³/mol. The molecule has 0 aliphatic rings. The third-order valence-electron chi connectivity index (χ3n) is 4.03. The molecule has 0 saturated carbocycles. The van der Waals surface area contributed by atoms with Gasteiger partial charge in [-0.05, 0) is 42.5 Å². The van der Waals surface area contributed by atoms with Crippen LogP contribution in [0.3, 0.4) is 0 Å². The summed E-state index contributed by atoms with van der Waals surface area (Å²) in [4.78, 5) is 12.2. The van der Waals surface area contributed by atoms with Gasteiger partial charge in [0.15, 0.2) is 11.3 Å². The van der Waals surface area contributed by atoms with E-state index < -0.39 is 0 Å². The van der Waals surface area contributed by atoms with Crippen LogP contribution in [0.4, 0.5) is 0 Å². The van der Waals surface area contributed by atoms with Crippen molar-refractivity contribution in [2.75, 3.05) is 20.3 Å². The average molecular weight is 412 g/mol. The molecule has 0 radical (unpaired) electrons. The molecule has 0 unspecified atom stereocenters. The molecule has 3 aromatic rings. The fourth-order valence-electron chi connectivity index (χ4n) is 2.63. The first kappa shape index (κ1) is 20.4. The topological polar surface area (TPSA) is 93.0 Å². The normalized spacial score (nSPS) is 10.8. The van der Waals surface area contributed by atoms with Crippen LogP contribution in [0.15, 0.2) is 59.0 Å². The molecule has 8 heteroatoms. The number of benzene rings is 2. The summed E-state index contributed by atoms with van der Waals surface area (Å²) >= 11 is 4.92. The van der Waals surface area contributed by atoms with Gasteiger partial charge in [0, 0.05) is 17.0 Å². The highest BCUT2D eigenvalue weighted by Crippen LogP contribution is 2.28. The molecule has 1 heterocycles. The van der Waals surface area contributed by atoms with Crippen LogP contribution in [0.2, 0.25) is 0 Å². The maximum Gasteiger partial charge on any atom is 0.244 e. The molecule has 0 saturated heterocycles. The van der Waals surface area contributed by atoms with Gasteiger partial charge in [-0.2, -0.15) is 0 Å². The minimum atomic E-state index is -0.254. The summed E-state index contributed by atoms with van der Waals surface area (Å²) in [6.07, 6.45) is 3.01. The van der Waals surface area contributed by atoms with Crippen molar-refractivity contribution >= 4 is 40.2 Å². The molecule has 7 nitrogen and oxygen atoms in total. The zero-order chi connectivity index (χ0) is 20.6. The Hall–Kier alpha value is -3.36. The second-order valence-electron chi connectivity index (χ2n) is 5.97. The zero-order valence-electron chi connectivity index (χ0n) is 15.7. The Morgan fingerprint density at radius 3 is 2.76 bits per heavy atom. The van der Waals surface area contributed by atoms with Crippen molar-refractivity contribution in [3.05, 3.63) is 65.9 Å². The minimum absolute atomic E-state index is 0.235. The van der Waals surface area contributed by atoms with Gasteiger partial charge < -0.3 is 19.2 Å². The monoisotopic (exact) mass is 412 g/mol. The second kappa shape index (κ2) is 9.72. The summed E-state index contributed by atoms with van der Waals surface area (Å²) in [5, 5.41) is 12.4. The molecule has 1 amide bonds.